The number of nitrogen functional groups attached to an aromatic ring is 1. The molecule has 2 nitrogen and oxygen atoms in total. The third kappa shape index (κ3) is 3.95. The fraction of sp³-hybridized carbons (Fsp3) is 0.278. The summed E-state index contributed by atoms with van der Waals surface area (Å²) in [5, 5.41) is 0. The van der Waals surface area contributed by atoms with Gasteiger partial charge in [-0.25, -0.2) is 0 Å². The second kappa shape index (κ2) is 6.90. The molecule has 2 heteroatoms. The first kappa shape index (κ1) is 14.3. The minimum atomic E-state index is 0.208. The highest BCUT2D eigenvalue weighted by molar-refractivity contribution is 5.96. The second-order valence-electron chi connectivity index (χ2n) is 5.12. The molecule has 0 aliphatic carbocycles. The van der Waals surface area contributed by atoms with Crippen LogP contribution in [0.15, 0.2) is 48.5 Å². The Hall–Kier alpha value is -2.09. The molecule has 0 aliphatic heterocycles. The van der Waals surface area contributed by atoms with Crippen molar-refractivity contribution in [3.63, 3.8) is 0 Å². The smallest absolute Gasteiger partial charge is 0.163 e. The van der Waals surface area contributed by atoms with Crippen molar-refractivity contribution >= 4 is 11.5 Å². The topological polar surface area (TPSA) is 43.1 Å². The molecule has 0 saturated heterocycles. The fourth-order valence-electron chi connectivity index (χ4n) is 2.28. The molecule has 104 valence electrons. The van der Waals surface area contributed by atoms with E-state index < -0.39 is 0 Å². The highest BCUT2D eigenvalue weighted by Gasteiger charge is 2.07. The lowest BCUT2D eigenvalue weighted by molar-refractivity contribution is 0.0982. The summed E-state index contributed by atoms with van der Waals surface area (Å²) in [5.41, 5.74) is 9.63. The predicted octanol–water partition coefficient (Wildman–Crippen LogP) is 4.04. The van der Waals surface area contributed by atoms with Crippen LogP contribution in [0.5, 0.6) is 0 Å². The molecule has 20 heavy (non-hydrogen) atoms. The number of anilines is 1. The van der Waals surface area contributed by atoms with Gasteiger partial charge in [-0.05, 0) is 42.2 Å². The number of ketones is 1. The molecule has 0 bridgehead atoms. The van der Waals surface area contributed by atoms with Crippen molar-refractivity contribution in [2.24, 2.45) is 0 Å². The number of aryl methyl sites for hydroxylation is 2. The Bertz CT molecular complexity index is 572. The number of hydrogen-bond donors (Lipinski definition) is 1. The van der Waals surface area contributed by atoms with E-state index >= 15 is 0 Å². The van der Waals surface area contributed by atoms with Crippen molar-refractivity contribution in [2.75, 3.05) is 5.73 Å². The standard InChI is InChI=1S/C18H21NO/c1-2-4-15-5-3-6-16(13-15)18(20)12-9-14-7-10-17(19)11-8-14/h3,5-8,10-11,13H,2,4,9,12,19H2,1H3. The van der Waals surface area contributed by atoms with E-state index in [1.807, 2.05) is 42.5 Å². The summed E-state index contributed by atoms with van der Waals surface area (Å²) in [5.74, 6) is 0.208. The van der Waals surface area contributed by atoms with Crippen LogP contribution in [0.2, 0.25) is 0 Å². The molecule has 0 aromatic heterocycles. The van der Waals surface area contributed by atoms with Crippen LogP contribution < -0.4 is 5.73 Å². The first-order valence-corrected chi connectivity index (χ1v) is 7.15. The quantitative estimate of drug-likeness (QED) is 0.634. The van der Waals surface area contributed by atoms with Crippen molar-refractivity contribution in [3.05, 3.63) is 65.2 Å². The van der Waals surface area contributed by atoms with Crippen LogP contribution in [0.1, 0.15) is 41.3 Å². The largest absolute Gasteiger partial charge is 0.399 e. The van der Waals surface area contributed by atoms with E-state index in [-0.39, 0.29) is 5.78 Å². The average molecular weight is 267 g/mol. The maximum atomic E-state index is 12.2. The molecule has 2 aromatic carbocycles. The van der Waals surface area contributed by atoms with Gasteiger partial charge >= 0.3 is 0 Å². The van der Waals surface area contributed by atoms with Crippen LogP contribution >= 0.6 is 0 Å². The van der Waals surface area contributed by atoms with E-state index in [4.69, 9.17) is 5.73 Å². The van der Waals surface area contributed by atoms with Gasteiger partial charge < -0.3 is 5.73 Å². The minimum Gasteiger partial charge on any atom is -0.399 e. The number of carbonyl (C=O) groups is 1. The fourth-order valence-corrected chi connectivity index (χ4v) is 2.28. The van der Waals surface area contributed by atoms with Gasteiger partial charge in [0.05, 0.1) is 0 Å². The van der Waals surface area contributed by atoms with Gasteiger partial charge in [0.1, 0.15) is 0 Å². The van der Waals surface area contributed by atoms with Gasteiger partial charge in [0.15, 0.2) is 5.78 Å². The monoisotopic (exact) mass is 267 g/mol. The molecule has 0 radical (unpaired) electrons. The zero-order valence-corrected chi connectivity index (χ0v) is 11.9. The van der Waals surface area contributed by atoms with Gasteiger partial charge in [-0.1, -0.05) is 43.7 Å². The van der Waals surface area contributed by atoms with Crippen LogP contribution in [-0.2, 0) is 12.8 Å². The number of carbonyl (C=O) groups excluding carboxylic acids is 1. The Morgan fingerprint density at radius 1 is 1.00 bits per heavy atom. The summed E-state index contributed by atoms with van der Waals surface area (Å²) < 4.78 is 0. The summed E-state index contributed by atoms with van der Waals surface area (Å²) in [7, 11) is 0. The van der Waals surface area contributed by atoms with E-state index in [2.05, 4.69) is 13.0 Å². The Morgan fingerprint density at radius 2 is 1.75 bits per heavy atom. The maximum Gasteiger partial charge on any atom is 0.163 e. The molecular formula is C18H21NO. The molecule has 0 heterocycles. The number of hydrogen-bond acceptors (Lipinski definition) is 2. The first-order chi connectivity index (χ1) is 9.69. The summed E-state index contributed by atoms with van der Waals surface area (Å²) in [6.45, 7) is 2.15. The molecule has 0 aliphatic rings. The number of rotatable bonds is 6. The Kier molecular flexibility index (Phi) is 4.94. The van der Waals surface area contributed by atoms with Crippen LogP contribution in [-0.4, -0.2) is 5.78 Å². The molecular weight excluding hydrogens is 246 g/mol. The predicted molar refractivity (Wildman–Crippen MR) is 83.9 cm³/mol. The minimum absolute atomic E-state index is 0.208. The van der Waals surface area contributed by atoms with Gasteiger partial charge in [0.25, 0.3) is 0 Å². The highest BCUT2D eigenvalue weighted by atomic mass is 16.1. The molecule has 0 fully saturated rings. The zero-order chi connectivity index (χ0) is 14.4. The highest BCUT2D eigenvalue weighted by Crippen LogP contribution is 2.13. The third-order valence-electron chi connectivity index (χ3n) is 3.41. The maximum absolute atomic E-state index is 12.2. The third-order valence-corrected chi connectivity index (χ3v) is 3.41. The lowest BCUT2D eigenvalue weighted by Crippen LogP contribution is -2.02. The molecule has 0 amide bonds. The number of Topliss-reactive ketones (excluding diaryl/α,β-unsaturated/α-hetero) is 1. The first-order valence-electron chi connectivity index (χ1n) is 7.15. The summed E-state index contributed by atoms with van der Waals surface area (Å²) in [4.78, 5) is 12.2. The van der Waals surface area contributed by atoms with E-state index in [0.29, 0.717) is 6.42 Å². The lowest BCUT2D eigenvalue weighted by atomic mass is 10.00. The Morgan fingerprint density at radius 3 is 2.45 bits per heavy atom. The van der Waals surface area contributed by atoms with E-state index in [1.54, 1.807) is 0 Å². The lowest BCUT2D eigenvalue weighted by Gasteiger charge is -2.05. The van der Waals surface area contributed by atoms with Gasteiger partial charge in [-0.2, -0.15) is 0 Å². The summed E-state index contributed by atoms with van der Waals surface area (Å²) in [6.07, 6.45) is 3.43. The molecule has 0 atom stereocenters. The van der Waals surface area contributed by atoms with Gasteiger partial charge in [0, 0.05) is 17.7 Å². The van der Waals surface area contributed by atoms with E-state index in [9.17, 15) is 4.79 Å². The molecule has 2 aromatic rings. The number of nitrogens with two attached hydrogens (primary N) is 1. The average Bonchev–Trinajstić information content (AvgIpc) is 2.47. The Labute approximate surface area is 120 Å². The van der Waals surface area contributed by atoms with Crippen molar-refractivity contribution in [3.8, 4) is 0 Å². The molecule has 0 saturated carbocycles. The van der Waals surface area contributed by atoms with Crippen molar-refractivity contribution in [1.82, 2.24) is 0 Å². The van der Waals surface area contributed by atoms with Crippen LogP contribution in [0.3, 0.4) is 0 Å². The second-order valence-corrected chi connectivity index (χ2v) is 5.12. The van der Waals surface area contributed by atoms with E-state index in [1.165, 1.54) is 5.56 Å². The summed E-state index contributed by atoms with van der Waals surface area (Å²) in [6, 6.07) is 15.7. The van der Waals surface area contributed by atoms with Crippen LogP contribution in [0, 0.1) is 0 Å². The molecule has 0 unspecified atom stereocenters. The summed E-state index contributed by atoms with van der Waals surface area (Å²) >= 11 is 0. The SMILES string of the molecule is CCCc1cccc(C(=O)CCc2ccc(N)cc2)c1. The van der Waals surface area contributed by atoms with E-state index in [0.717, 1.165) is 36.1 Å². The van der Waals surface area contributed by atoms with Crippen molar-refractivity contribution in [2.45, 2.75) is 32.6 Å². The number of benzene rings is 2. The molecule has 2 N–H and O–H groups in total. The molecule has 0 spiro atoms. The van der Waals surface area contributed by atoms with Gasteiger partial charge in [-0.15, -0.1) is 0 Å². The normalized spacial score (nSPS) is 10.4. The van der Waals surface area contributed by atoms with Gasteiger partial charge in [0.2, 0.25) is 0 Å². The Balaban J connectivity index is 1.97. The van der Waals surface area contributed by atoms with Crippen LogP contribution in [0.25, 0.3) is 0 Å². The van der Waals surface area contributed by atoms with Crippen molar-refractivity contribution in [1.29, 1.82) is 0 Å². The zero-order valence-electron chi connectivity index (χ0n) is 11.9. The van der Waals surface area contributed by atoms with Crippen LogP contribution in [0.4, 0.5) is 5.69 Å². The van der Waals surface area contributed by atoms with Gasteiger partial charge in [-0.3, -0.25) is 4.79 Å². The molecule has 2 rings (SSSR count). The van der Waals surface area contributed by atoms with Crippen molar-refractivity contribution < 1.29 is 4.79 Å².